The molecule has 138 valence electrons. The van der Waals surface area contributed by atoms with E-state index in [9.17, 15) is 4.79 Å². The van der Waals surface area contributed by atoms with Crippen molar-refractivity contribution in [2.24, 2.45) is 0 Å². The first-order valence-electron chi connectivity index (χ1n) is 9.63. The number of benzene rings is 1. The van der Waals surface area contributed by atoms with Gasteiger partial charge >= 0.3 is 0 Å². The van der Waals surface area contributed by atoms with Crippen molar-refractivity contribution < 1.29 is 9.53 Å². The summed E-state index contributed by atoms with van der Waals surface area (Å²) in [6.45, 7) is 0.796. The summed E-state index contributed by atoms with van der Waals surface area (Å²) in [5.41, 5.74) is 3.57. The van der Waals surface area contributed by atoms with Gasteiger partial charge in [0.2, 0.25) is 0 Å². The van der Waals surface area contributed by atoms with E-state index >= 15 is 0 Å². The molecule has 1 saturated heterocycles. The van der Waals surface area contributed by atoms with Crippen molar-refractivity contribution in [1.82, 2.24) is 19.5 Å². The van der Waals surface area contributed by atoms with E-state index in [1.54, 1.807) is 0 Å². The summed E-state index contributed by atoms with van der Waals surface area (Å²) < 4.78 is 7.79. The normalized spacial score (nSPS) is 18.8. The third-order valence-electron chi connectivity index (χ3n) is 5.64. The van der Waals surface area contributed by atoms with Gasteiger partial charge in [-0.15, -0.1) is 10.2 Å². The van der Waals surface area contributed by atoms with Gasteiger partial charge in [-0.05, 0) is 67.5 Å². The molecular formula is C21H22N4O2. The molecule has 0 saturated carbocycles. The highest BCUT2D eigenvalue weighted by atomic mass is 16.5. The summed E-state index contributed by atoms with van der Waals surface area (Å²) in [5.74, 6) is 1.62. The lowest BCUT2D eigenvalue weighted by Crippen LogP contribution is -2.35. The Kier molecular flexibility index (Phi) is 4.03. The standard InChI is InChI=1S/C21H22N4O2/c26-20(14-27-17-10-9-15-5-3-6-16(15)13-17)24-12-4-7-18(24)21-23-22-19-8-1-2-11-25(19)21/h1-2,8-11,13,18H,3-7,12,14H2/t18-/m0/s1. The maximum absolute atomic E-state index is 12.8. The molecule has 1 amide bonds. The van der Waals surface area contributed by atoms with Gasteiger partial charge in [-0.3, -0.25) is 9.20 Å². The highest BCUT2D eigenvalue weighted by Gasteiger charge is 2.33. The number of aryl methyl sites for hydroxylation is 2. The molecule has 1 aromatic carbocycles. The number of pyridine rings is 1. The Bertz CT molecular complexity index is 997. The summed E-state index contributed by atoms with van der Waals surface area (Å²) in [7, 11) is 0. The summed E-state index contributed by atoms with van der Waals surface area (Å²) in [6.07, 6.45) is 7.29. The number of rotatable bonds is 4. The van der Waals surface area contributed by atoms with E-state index in [4.69, 9.17) is 4.74 Å². The van der Waals surface area contributed by atoms with Gasteiger partial charge in [-0.2, -0.15) is 0 Å². The van der Waals surface area contributed by atoms with Crippen LogP contribution in [0.15, 0.2) is 42.6 Å². The molecule has 0 bridgehead atoms. The monoisotopic (exact) mass is 362 g/mol. The molecule has 6 heteroatoms. The van der Waals surface area contributed by atoms with Gasteiger partial charge in [0.1, 0.15) is 5.75 Å². The quantitative estimate of drug-likeness (QED) is 0.716. The number of hydrogen-bond donors (Lipinski definition) is 0. The Morgan fingerprint density at radius 2 is 2.04 bits per heavy atom. The minimum absolute atomic E-state index is 0.00526. The molecule has 3 heterocycles. The van der Waals surface area contributed by atoms with Crippen LogP contribution in [0.5, 0.6) is 5.75 Å². The van der Waals surface area contributed by atoms with Crippen molar-refractivity contribution >= 4 is 11.6 Å². The molecule has 1 fully saturated rings. The van der Waals surface area contributed by atoms with Crippen LogP contribution in [0.2, 0.25) is 0 Å². The van der Waals surface area contributed by atoms with Crippen LogP contribution in [0.3, 0.4) is 0 Å². The molecule has 0 unspecified atom stereocenters. The van der Waals surface area contributed by atoms with Crippen molar-refractivity contribution in [2.75, 3.05) is 13.2 Å². The van der Waals surface area contributed by atoms with Crippen LogP contribution in [0.4, 0.5) is 0 Å². The second-order valence-corrected chi connectivity index (χ2v) is 7.30. The molecule has 0 N–H and O–H groups in total. The van der Waals surface area contributed by atoms with Crippen molar-refractivity contribution in [2.45, 2.75) is 38.1 Å². The van der Waals surface area contributed by atoms with Crippen LogP contribution in [0.25, 0.3) is 5.65 Å². The van der Waals surface area contributed by atoms with E-state index in [0.717, 1.165) is 49.4 Å². The number of amides is 1. The van der Waals surface area contributed by atoms with E-state index in [1.807, 2.05) is 39.8 Å². The van der Waals surface area contributed by atoms with E-state index in [1.165, 1.54) is 17.5 Å². The van der Waals surface area contributed by atoms with Crippen LogP contribution >= 0.6 is 0 Å². The molecular weight excluding hydrogens is 340 g/mol. The minimum atomic E-state index is -0.0430. The SMILES string of the molecule is O=C(COc1ccc2c(c1)CCC2)N1CCC[C@H]1c1nnc2ccccn12. The maximum atomic E-state index is 12.8. The number of ether oxygens (including phenoxy) is 1. The molecule has 27 heavy (non-hydrogen) atoms. The number of hydrogen-bond acceptors (Lipinski definition) is 4. The lowest BCUT2D eigenvalue weighted by Gasteiger charge is -2.23. The summed E-state index contributed by atoms with van der Waals surface area (Å²) in [6, 6.07) is 12.0. The van der Waals surface area contributed by atoms with Gasteiger partial charge in [-0.1, -0.05) is 12.1 Å². The minimum Gasteiger partial charge on any atom is -0.484 e. The van der Waals surface area contributed by atoms with Crippen molar-refractivity contribution in [1.29, 1.82) is 0 Å². The second-order valence-electron chi connectivity index (χ2n) is 7.30. The Morgan fingerprint density at radius 3 is 3.00 bits per heavy atom. The Morgan fingerprint density at radius 1 is 1.11 bits per heavy atom. The highest BCUT2D eigenvalue weighted by Crippen LogP contribution is 2.31. The fourth-order valence-electron chi connectivity index (χ4n) is 4.29. The molecule has 3 aromatic rings. The molecule has 5 rings (SSSR count). The largest absolute Gasteiger partial charge is 0.484 e. The molecule has 1 aliphatic heterocycles. The lowest BCUT2D eigenvalue weighted by molar-refractivity contribution is -0.134. The fourth-order valence-corrected chi connectivity index (χ4v) is 4.29. The summed E-state index contributed by atoms with van der Waals surface area (Å²) in [5, 5.41) is 8.57. The highest BCUT2D eigenvalue weighted by molar-refractivity contribution is 5.78. The molecule has 1 atom stereocenters. The zero-order valence-corrected chi connectivity index (χ0v) is 15.2. The zero-order chi connectivity index (χ0) is 18.2. The first kappa shape index (κ1) is 16.3. The Labute approximate surface area is 157 Å². The number of nitrogens with zero attached hydrogens (tertiary/aromatic N) is 4. The number of likely N-dealkylation sites (tertiary alicyclic amines) is 1. The smallest absolute Gasteiger partial charge is 0.261 e. The number of carbonyl (C=O) groups is 1. The molecule has 0 spiro atoms. The molecule has 2 aromatic heterocycles. The molecule has 2 aliphatic rings. The summed E-state index contributed by atoms with van der Waals surface area (Å²) in [4.78, 5) is 14.7. The first-order valence-corrected chi connectivity index (χ1v) is 9.63. The topological polar surface area (TPSA) is 59.7 Å². The molecule has 0 radical (unpaired) electrons. The van der Waals surface area contributed by atoms with Gasteiger partial charge in [0, 0.05) is 12.7 Å². The van der Waals surface area contributed by atoms with E-state index in [2.05, 4.69) is 22.3 Å². The van der Waals surface area contributed by atoms with Crippen LogP contribution < -0.4 is 4.74 Å². The maximum Gasteiger partial charge on any atom is 0.261 e. The third kappa shape index (κ3) is 2.95. The Balaban J connectivity index is 1.30. The van der Waals surface area contributed by atoms with Gasteiger partial charge in [0.15, 0.2) is 18.1 Å². The van der Waals surface area contributed by atoms with Crippen LogP contribution in [-0.4, -0.2) is 38.6 Å². The average Bonchev–Trinajstić information content (AvgIpc) is 3.43. The van der Waals surface area contributed by atoms with Crippen LogP contribution in [0.1, 0.15) is 42.3 Å². The van der Waals surface area contributed by atoms with Gasteiger partial charge in [0.25, 0.3) is 5.91 Å². The second kappa shape index (κ2) is 6.68. The number of aromatic nitrogens is 3. The summed E-state index contributed by atoms with van der Waals surface area (Å²) >= 11 is 0. The van der Waals surface area contributed by atoms with Crippen LogP contribution in [-0.2, 0) is 17.6 Å². The molecule has 1 aliphatic carbocycles. The third-order valence-corrected chi connectivity index (χ3v) is 5.64. The van der Waals surface area contributed by atoms with Gasteiger partial charge < -0.3 is 9.64 Å². The number of fused-ring (bicyclic) bond motifs is 2. The van der Waals surface area contributed by atoms with Gasteiger partial charge in [0.05, 0.1) is 6.04 Å². The zero-order valence-electron chi connectivity index (χ0n) is 15.2. The van der Waals surface area contributed by atoms with E-state index in [0.29, 0.717) is 0 Å². The predicted octanol–water partition coefficient (Wildman–Crippen LogP) is 2.96. The van der Waals surface area contributed by atoms with Crippen molar-refractivity contribution in [3.05, 3.63) is 59.5 Å². The number of carbonyl (C=O) groups excluding carboxylic acids is 1. The predicted molar refractivity (Wildman–Crippen MR) is 101 cm³/mol. The van der Waals surface area contributed by atoms with Gasteiger partial charge in [-0.25, -0.2) is 0 Å². The lowest BCUT2D eigenvalue weighted by atomic mass is 10.1. The van der Waals surface area contributed by atoms with Crippen molar-refractivity contribution in [3.63, 3.8) is 0 Å². The van der Waals surface area contributed by atoms with Crippen LogP contribution in [0, 0.1) is 0 Å². The van der Waals surface area contributed by atoms with Crippen molar-refractivity contribution in [3.8, 4) is 5.75 Å². The van der Waals surface area contributed by atoms with E-state index < -0.39 is 0 Å². The average molecular weight is 362 g/mol. The fraction of sp³-hybridized carbons (Fsp3) is 0.381. The first-order chi connectivity index (χ1) is 13.3. The van der Waals surface area contributed by atoms with E-state index in [-0.39, 0.29) is 18.6 Å². The molecule has 6 nitrogen and oxygen atoms in total. The Hall–Kier alpha value is -2.89.